The van der Waals surface area contributed by atoms with Crippen molar-refractivity contribution in [3.8, 4) is 0 Å². The summed E-state index contributed by atoms with van der Waals surface area (Å²) in [6.07, 6.45) is 1.54. The molecule has 0 atom stereocenters. The molecule has 0 aliphatic heterocycles. The number of amides is 1. The van der Waals surface area contributed by atoms with E-state index < -0.39 is 0 Å². The lowest BCUT2D eigenvalue weighted by Gasteiger charge is -2.26. The number of rotatable bonds is 4. The summed E-state index contributed by atoms with van der Waals surface area (Å²) in [5, 5.41) is 0. The maximum atomic E-state index is 13.3. The Bertz CT molecular complexity index is 654. The first-order valence-corrected chi connectivity index (χ1v) is 7.44. The number of aromatic amines is 1. The largest absolute Gasteiger partial charge is 0.338 e. The van der Waals surface area contributed by atoms with Gasteiger partial charge < -0.3 is 9.88 Å². The van der Waals surface area contributed by atoms with Crippen molar-refractivity contribution in [2.75, 3.05) is 0 Å². The lowest BCUT2D eigenvalue weighted by molar-refractivity contribution is 0.0684. The molecule has 4 nitrogen and oxygen atoms in total. The maximum Gasteiger partial charge on any atom is 0.272 e. The number of aryl methyl sites for hydroxylation is 1. The molecule has 1 aromatic carbocycles. The zero-order valence-corrected chi connectivity index (χ0v) is 13.7. The molecular weight excluding hydrogens is 337 g/mol. The van der Waals surface area contributed by atoms with E-state index in [1.165, 1.54) is 12.3 Å². The third-order valence-corrected chi connectivity index (χ3v) is 3.76. The van der Waals surface area contributed by atoms with Crippen molar-refractivity contribution < 1.29 is 9.18 Å². The van der Waals surface area contributed by atoms with E-state index >= 15 is 0 Å². The van der Waals surface area contributed by atoms with Gasteiger partial charge in [0.2, 0.25) is 0 Å². The summed E-state index contributed by atoms with van der Waals surface area (Å²) in [6.45, 7) is 6.10. The number of benzene rings is 1. The number of imidazole rings is 1. The van der Waals surface area contributed by atoms with Gasteiger partial charge in [-0.05, 0) is 54.4 Å². The number of hydrogen-bond donors (Lipinski definition) is 1. The van der Waals surface area contributed by atoms with Crippen LogP contribution in [-0.4, -0.2) is 26.8 Å². The van der Waals surface area contributed by atoms with Crippen LogP contribution in [0.3, 0.4) is 0 Å². The van der Waals surface area contributed by atoms with E-state index in [-0.39, 0.29) is 17.8 Å². The lowest BCUT2D eigenvalue weighted by Crippen LogP contribution is -2.36. The average Bonchev–Trinajstić information content (AvgIpc) is 2.85. The fraction of sp³-hybridized carbons (Fsp3) is 0.333. The maximum absolute atomic E-state index is 13.3. The number of nitrogens with one attached hydrogen (secondary N) is 1. The topological polar surface area (TPSA) is 49.0 Å². The fourth-order valence-electron chi connectivity index (χ4n) is 2.01. The van der Waals surface area contributed by atoms with Gasteiger partial charge in [-0.25, -0.2) is 9.37 Å². The third kappa shape index (κ3) is 3.69. The molecule has 112 valence electrons. The van der Waals surface area contributed by atoms with Crippen LogP contribution in [-0.2, 0) is 6.54 Å². The molecule has 0 aliphatic rings. The Morgan fingerprint density at radius 3 is 2.71 bits per heavy atom. The second kappa shape index (κ2) is 6.39. The number of H-pyrrole nitrogens is 1. The van der Waals surface area contributed by atoms with E-state index in [2.05, 4.69) is 25.9 Å². The van der Waals surface area contributed by atoms with Crippen molar-refractivity contribution in [1.82, 2.24) is 14.9 Å². The van der Waals surface area contributed by atoms with Crippen molar-refractivity contribution in [2.45, 2.75) is 33.4 Å². The van der Waals surface area contributed by atoms with Crippen LogP contribution >= 0.6 is 15.9 Å². The van der Waals surface area contributed by atoms with Gasteiger partial charge in [-0.15, -0.1) is 0 Å². The molecular formula is C15H17BrFN3O. The molecule has 0 radical (unpaired) electrons. The van der Waals surface area contributed by atoms with Gasteiger partial charge in [0.25, 0.3) is 5.91 Å². The number of hydrogen-bond acceptors (Lipinski definition) is 2. The Hall–Kier alpha value is -1.69. The van der Waals surface area contributed by atoms with E-state index in [1.54, 1.807) is 24.0 Å². The Balaban J connectivity index is 2.23. The van der Waals surface area contributed by atoms with Gasteiger partial charge in [0, 0.05) is 12.6 Å². The number of halogens is 2. The van der Waals surface area contributed by atoms with Gasteiger partial charge in [-0.2, -0.15) is 0 Å². The van der Waals surface area contributed by atoms with E-state index in [9.17, 15) is 9.18 Å². The van der Waals surface area contributed by atoms with E-state index in [0.29, 0.717) is 22.5 Å². The quantitative estimate of drug-likeness (QED) is 0.911. The minimum Gasteiger partial charge on any atom is -0.338 e. The molecule has 0 saturated carbocycles. The van der Waals surface area contributed by atoms with Crippen LogP contribution in [0.15, 0.2) is 28.9 Å². The predicted molar refractivity (Wildman–Crippen MR) is 82.4 cm³/mol. The van der Waals surface area contributed by atoms with Gasteiger partial charge in [0.05, 0.1) is 10.7 Å². The average molecular weight is 354 g/mol. The molecule has 0 unspecified atom stereocenters. The summed E-state index contributed by atoms with van der Waals surface area (Å²) in [5.74, 6) is 0.267. The molecule has 6 heteroatoms. The summed E-state index contributed by atoms with van der Waals surface area (Å²) >= 11 is 3.16. The molecule has 1 amide bonds. The SMILES string of the molecule is Cc1ncc(C(=O)N(Cc2ccc(F)c(Br)c2)C(C)C)[nH]1. The first-order chi connectivity index (χ1) is 9.88. The van der Waals surface area contributed by atoms with Crippen LogP contribution < -0.4 is 0 Å². The standard InChI is InChI=1S/C15H17BrFN3O/c1-9(2)20(15(21)14-7-18-10(3)19-14)8-11-4-5-13(17)12(16)6-11/h4-7,9H,8H2,1-3H3,(H,18,19). The minimum atomic E-state index is -0.314. The smallest absolute Gasteiger partial charge is 0.272 e. The molecule has 0 aliphatic carbocycles. The molecule has 21 heavy (non-hydrogen) atoms. The van der Waals surface area contributed by atoms with Crippen LogP contribution in [0.2, 0.25) is 0 Å². The predicted octanol–water partition coefficient (Wildman–Crippen LogP) is 3.67. The monoisotopic (exact) mass is 353 g/mol. The summed E-state index contributed by atoms with van der Waals surface area (Å²) in [4.78, 5) is 21.2. The van der Waals surface area contributed by atoms with Crippen molar-refractivity contribution in [3.05, 3.63) is 51.8 Å². The summed E-state index contributed by atoms with van der Waals surface area (Å²) in [5.41, 5.74) is 1.32. The number of carbonyl (C=O) groups excluding carboxylic acids is 1. The summed E-state index contributed by atoms with van der Waals surface area (Å²) in [7, 11) is 0. The fourth-order valence-corrected chi connectivity index (χ4v) is 2.43. The third-order valence-electron chi connectivity index (χ3n) is 3.15. The van der Waals surface area contributed by atoms with Crippen LogP contribution in [0, 0.1) is 12.7 Å². The van der Waals surface area contributed by atoms with Gasteiger partial charge in [-0.1, -0.05) is 6.07 Å². The Kier molecular flexibility index (Phi) is 4.77. The van der Waals surface area contributed by atoms with Crippen LogP contribution in [0.25, 0.3) is 0 Å². The van der Waals surface area contributed by atoms with Crippen molar-refractivity contribution in [2.24, 2.45) is 0 Å². The number of nitrogens with zero attached hydrogens (tertiary/aromatic N) is 2. The lowest BCUT2D eigenvalue weighted by atomic mass is 10.1. The molecule has 0 saturated heterocycles. The second-order valence-corrected chi connectivity index (χ2v) is 6.01. The molecule has 2 aromatic rings. The molecule has 0 bridgehead atoms. The highest BCUT2D eigenvalue weighted by molar-refractivity contribution is 9.10. The Morgan fingerprint density at radius 1 is 1.48 bits per heavy atom. The molecule has 1 aromatic heterocycles. The minimum absolute atomic E-state index is 0.0185. The Morgan fingerprint density at radius 2 is 2.19 bits per heavy atom. The molecule has 0 spiro atoms. The Labute approximate surface area is 131 Å². The highest BCUT2D eigenvalue weighted by Crippen LogP contribution is 2.19. The van der Waals surface area contributed by atoms with Crippen LogP contribution in [0.4, 0.5) is 4.39 Å². The van der Waals surface area contributed by atoms with Gasteiger partial charge >= 0.3 is 0 Å². The number of carbonyl (C=O) groups is 1. The zero-order chi connectivity index (χ0) is 15.6. The van der Waals surface area contributed by atoms with E-state index in [4.69, 9.17) is 0 Å². The molecule has 2 rings (SSSR count). The highest BCUT2D eigenvalue weighted by atomic mass is 79.9. The van der Waals surface area contributed by atoms with E-state index in [0.717, 1.165) is 5.56 Å². The zero-order valence-electron chi connectivity index (χ0n) is 12.2. The molecule has 0 fully saturated rings. The van der Waals surface area contributed by atoms with E-state index in [1.807, 2.05) is 13.8 Å². The van der Waals surface area contributed by atoms with Gasteiger partial charge in [0.15, 0.2) is 0 Å². The van der Waals surface area contributed by atoms with Crippen molar-refractivity contribution in [1.29, 1.82) is 0 Å². The highest BCUT2D eigenvalue weighted by Gasteiger charge is 2.21. The van der Waals surface area contributed by atoms with Gasteiger partial charge in [0.1, 0.15) is 17.3 Å². The normalized spacial score (nSPS) is 11.0. The molecule has 1 N–H and O–H groups in total. The second-order valence-electron chi connectivity index (χ2n) is 5.16. The summed E-state index contributed by atoms with van der Waals surface area (Å²) < 4.78 is 13.7. The van der Waals surface area contributed by atoms with Gasteiger partial charge in [-0.3, -0.25) is 4.79 Å². The summed E-state index contributed by atoms with van der Waals surface area (Å²) in [6, 6.07) is 4.78. The van der Waals surface area contributed by atoms with Crippen molar-refractivity contribution >= 4 is 21.8 Å². The molecule has 1 heterocycles. The first kappa shape index (κ1) is 15.7. The first-order valence-electron chi connectivity index (χ1n) is 6.65. The van der Waals surface area contributed by atoms with Crippen LogP contribution in [0.5, 0.6) is 0 Å². The van der Waals surface area contributed by atoms with Crippen molar-refractivity contribution in [3.63, 3.8) is 0 Å². The number of aromatic nitrogens is 2. The van der Waals surface area contributed by atoms with Crippen LogP contribution in [0.1, 0.15) is 35.7 Å².